The van der Waals surface area contributed by atoms with Crippen LogP contribution in [0.25, 0.3) is 0 Å². The Morgan fingerprint density at radius 2 is 2.19 bits per heavy atom. The van der Waals surface area contributed by atoms with Crippen LogP contribution >= 0.6 is 11.3 Å². The summed E-state index contributed by atoms with van der Waals surface area (Å²) in [6, 6.07) is 0. The molecule has 2 heterocycles. The van der Waals surface area contributed by atoms with Gasteiger partial charge in [0.2, 0.25) is 5.91 Å². The fraction of sp³-hybridized carbons (Fsp3) is 0.733. The molecule has 0 spiro atoms. The van der Waals surface area contributed by atoms with E-state index in [0.29, 0.717) is 5.13 Å². The van der Waals surface area contributed by atoms with E-state index in [1.54, 1.807) is 0 Å². The number of nitrogens with one attached hydrogen (secondary N) is 1. The topological polar surface area (TPSA) is 77.2 Å². The summed E-state index contributed by atoms with van der Waals surface area (Å²) >= 11 is 1.49. The molecule has 3 N–H and O–H groups in total. The minimum absolute atomic E-state index is 0.0850. The molecule has 0 radical (unpaired) electrons. The monoisotopic (exact) mass is 309 g/mol. The summed E-state index contributed by atoms with van der Waals surface area (Å²) < 4.78 is 5.84. The molecule has 3 atom stereocenters. The van der Waals surface area contributed by atoms with Gasteiger partial charge in [0.05, 0.1) is 11.8 Å². The first-order valence-corrected chi connectivity index (χ1v) is 8.26. The molecular weight excluding hydrogens is 286 g/mol. The third-order valence-electron chi connectivity index (χ3n) is 5.31. The number of hydrogen-bond donors (Lipinski definition) is 2. The third-order valence-corrected chi connectivity index (χ3v) is 6.30. The molecule has 21 heavy (non-hydrogen) atoms. The number of aromatic nitrogens is 1. The second kappa shape index (κ2) is 4.76. The maximum atomic E-state index is 12.8. The molecular formula is C15H23N3O2S. The Balaban J connectivity index is 1.82. The van der Waals surface area contributed by atoms with Crippen molar-refractivity contribution in [2.45, 2.75) is 52.2 Å². The molecule has 1 saturated carbocycles. The zero-order chi connectivity index (χ0) is 15.4. The highest BCUT2D eigenvalue weighted by atomic mass is 32.1. The number of nitrogens with zero attached hydrogens (tertiary/aromatic N) is 1. The summed E-state index contributed by atoms with van der Waals surface area (Å²) in [6.07, 6.45) is 2.01. The number of anilines is 1. The zero-order valence-electron chi connectivity index (χ0n) is 13.0. The highest BCUT2D eigenvalue weighted by Gasteiger charge is 2.70. The van der Waals surface area contributed by atoms with E-state index in [4.69, 9.17) is 10.5 Å². The van der Waals surface area contributed by atoms with E-state index in [1.807, 2.05) is 27.7 Å². The lowest BCUT2D eigenvalue weighted by Crippen LogP contribution is -2.81. The first kappa shape index (κ1) is 14.9. The van der Waals surface area contributed by atoms with Crippen molar-refractivity contribution in [3.63, 3.8) is 0 Å². The van der Waals surface area contributed by atoms with Gasteiger partial charge in [0.15, 0.2) is 5.13 Å². The van der Waals surface area contributed by atoms with Gasteiger partial charge in [-0.2, -0.15) is 0 Å². The minimum atomic E-state index is -0.883. The molecule has 5 nitrogen and oxygen atoms in total. The summed E-state index contributed by atoms with van der Waals surface area (Å²) in [7, 11) is 0. The van der Waals surface area contributed by atoms with Crippen LogP contribution in [0.3, 0.4) is 0 Å². The van der Waals surface area contributed by atoms with Crippen LogP contribution in [0.1, 0.15) is 37.3 Å². The van der Waals surface area contributed by atoms with Crippen LogP contribution in [-0.2, 0) is 9.53 Å². The highest BCUT2D eigenvalue weighted by Crippen LogP contribution is 2.57. The summed E-state index contributed by atoms with van der Waals surface area (Å²) in [5.41, 5.74) is 6.27. The quantitative estimate of drug-likeness (QED) is 0.878. The molecule has 116 valence electrons. The van der Waals surface area contributed by atoms with Crippen LogP contribution < -0.4 is 11.1 Å². The third kappa shape index (κ3) is 1.96. The van der Waals surface area contributed by atoms with Gasteiger partial charge in [-0.25, -0.2) is 4.98 Å². The lowest BCUT2D eigenvalue weighted by atomic mass is 9.46. The maximum Gasteiger partial charge on any atom is 0.247 e. The van der Waals surface area contributed by atoms with Gasteiger partial charge in [-0.05, 0) is 26.7 Å². The summed E-state index contributed by atoms with van der Waals surface area (Å²) in [5, 5.41) is 3.56. The molecule has 1 aromatic rings. The van der Waals surface area contributed by atoms with Crippen LogP contribution in [0, 0.1) is 25.2 Å². The van der Waals surface area contributed by atoms with E-state index >= 15 is 0 Å². The fourth-order valence-corrected chi connectivity index (χ4v) is 4.57. The van der Waals surface area contributed by atoms with Gasteiger partial charge >= 0.3 is 0 Å². The van der Waals surface area contributed by atoms with Crippen molar-refractivity contribution >= 4 is 22.4 Å². The Kier molecular flexibility index (Phi) is 3.39. The number of ether oxygens (including phenoxy) is 1. The molecule has 1 saturated heterocycles. The molecule has 1 aliphatic carbocycles. The Morgan fingerprint density at radius 1 is 1.48 bits per heavy atom. The Labute approximate surface area is 129 Å². The zero-order valence-corrected chi connectivity index (χ0v) is 13.8. The van der Waals surface area contributed by atoms with E-state index in [0.717, 1.165) is 30.0 Å². The summed E-state index contributed by atoms with van der Waals surface area (Å²) in [4.78, 5) is 18.3. The van der Waals surface area contributed by atoms with Crippen LogP contribution in [0.4, 0.5) is 5.13 Å². The van der Waals surface area contributed by atoms with Crippen molar-refractivity contribution in [1.82, 2.24) is 4.98 Å². The summed E-state index contributed by atoms with van der Waals surface area (Å²) in [5.74, 6) is -0.0311. The van der Waals surface area contributed by atoms with Gasteiger partial charge in [-0.15, -0.1) is 11.3 Å². The lowest BCUT2D eigenvalue weighted by molar-refractivity contribution is -0.222. The van der Waals surface area contributed by atoms with E-state index in [1.165, 1.54) is 11.3 Å². The van der Waals surface area contributed by atoms with Crippen LogP contribution in [0.2, 0.25) is 0 Å². The lowest BCUT2D eigenvalue weighted by Gasteiger charge is -2.64. The van der Waals surface area contributed by atoms with Gasteiger partial charge in [-0.3, -0.25) is 4.79 Å². The van der Waals surface area contributed by atoms with Crippen molar-refractivity contribution in [1.29, 1.82) is 0 Å². The van der Waals surface area contributed by atoms with Gasteiger partial charge < -0.3 is 15.8 Å². The van der Waals surface area contributed by atoms with Crippen molar-refractivity contribution in [2.75, 3.05) is 11.9 Å². The maximum absolute atomic E-state index is 12.8. The number of carbonyl (C=O) groups is 1. The average Bonchev–Trinajstić information content (AvgIpc) is 2.76. The largest absolute Gasteiger partial charge is 0.377 e. The number of nitrogens with two attached hydrogens (primary N) is 1. The predicted molar refractivity (Wildman–Crippen MR) is 83.4 cm³/mol. The first-order valence-electron chi connectivity index (χ1n) is 7.44. The average molecular weight is 309 g/mol. The van der Waals surface area contributed by atoms with Gasteiger partial charge in [0, 0.05) is 22.8 Å². The van der Waals surface area contributed by atoms with E-state index in [2.05, 4.69) is 10.3 Å². The molecule has 1 aromatic heterocycles. The van der Waals surface area contributed by atoms with Crippen molar-refractivity contribution < 1.29 is 9.53 Å². The standard InChI is InChI=1S/C15H23N3O2S/c1-8-9(2)21-13(17-8)18-12(19)15(16)10-6-5-7-20-11(10)14(15,3)4/h10-11H,5-7,16H2,1-4H3,(H,17,18,19). The normalized spacial score (nSPS) is 34.0. The molecule has 1 amide bonds. The SMILES string of the molecule is Cc1nc(NC(=O)C2(N)C3CCCOC3C2(C)C)sc1C. The highest BCUT2D eigenvalue weighted by molar-refractivity contribution is 7.15. The Hall–Kier alpha value is -0.980. The number of hydrogen-bond acceptors (Lipinski definition) is 5. The number of amides is 1. The molecule has 3 unspecified atom stereocenters. The molecule has 2 aliphatic rings. The smallest absolute Gasteiger partial charge is 0.247 e. The van der Waals surface area contributed by atoms with E-state index in [-0.39, 0.29) is 23.3 Å². The van der Waals surface area contributed by atoms with Gasteiger partial charge in [0.1, 0.15) is 5.54 Å². The van der Waals surface area contributed by atoms with Gasteiger partial charge in [0.25, 0.3) is 0 Å². The van der Waals surface area contributed by atoms with Crippen molar-refractivity contribution in [3.8, 4) is 0 Å². The fourth-order valence-electron chi connectivity index (χ4n) is 3.76. The minimum Gasteiger partial charge on any atom is -0.377 e. The van der Waals surface area contributed by atoms with Crippen LogP contribution in [0.5, 0.6) is 0 Å². The number of thiazole rings is 1. The second-order valence-electron chi connectivity index (χ2n) is 6.75. The van der Waals surface area contributed by atoms with E-state index in [9.17, 15) is 4.79 Å². The first-order chi connectivity index (χ1) is 9.78. The predicted octanol–water partition coefficient (Wildman–Crippen LogP) is 2.23. The van der Waals surface area contributed by atoms with Crippen molar-refractivity contribution in [2.24, 2.45) is 17.1 Å². The Bertz CT molecular complexity index is 564. The second-order valence-corrected chi connectivity index (χ2v) is 7.95. The van der Waals surface area contributed by atoms with Crippen LogP contribution in [0.15, 0.2) is 0 Å². The van der Waals surface area contributed by atoms with Gasteiger partial charge in [-0.1, -0.05) is 13.8 Å². The molecule has 3 rings (SSSR count). The molecule has 1 aliphatic heterocycles. The molecule has 0 bridgehead atoms. The number of rotatable bonds is 2. The van der Waals surface area contributed by atoms with Crippen LogP contribution in [-0.4, -0.2) is 29.1 Å². The summed E-state index contributed by atoms with van der Waals surface area (Å²) in [6.45, 7) is 8.76. The molecule has 0 aromatic carbocycles. The van der Waals surface area contributed by atoms with E-state index < -0.39 is 5.54 Å². The number of aryl methyl sites for hydroxylation is 2. The number of carbonyl (C=O) groups excluding carboxylic acids is 1. The van der Waals surface area contributed by atoms with Crippen molar-refractivity contribution in [3.05, 3.63) is 10.6 Å². The molecule has 2 fully saturated rings. The molecule has 6 heteroatoms. The Morgan fingerprint density at radius 3 is 2.81 bits per heavy atom. The number of fused-ring (bicyclic) bond motifs is 1.